The summed E-state index contributed by atoms with van der Waals surface area (Å²) in [6.45, 7) is 12.2. The van der Waals surface area contributed by atoms with Gasteiger partial charge in [-0.3, -0.25) is 0 Å². The third kappa shape index (κ3) is 10.9. The Morgan fingerprint density at radius 2 is 1.89 bits per heavy atom. The monoisotopic (exact) mass is 268 g/mol. The van der Waals surface area contributed by atoms with Gasteiger partial charge in [-0.15, -0.1) is 0 Å². The number of ketones is 1. The molecule has 2 unspecified atom stereocenters. The standard InChI is InChI=1S/C9H18O.C8H14O/c1-7(10)4-5-8-6-9(8,2)3;1-7(2)5-4-6-8(3)9/h7-8,10H,4-6H2,1-3H3;5H,4,6H2,1-3H3. The van der Waals surface area contributed by atoms with E-state index in [9.17, 15) is 4.79 Å². The molecule has 2 atom stereocenters. The van der Waals surface area contributed by atoms with Crippen molar-refractivity contribution in [2.45, 2.75) is 79.8 Å². The fourth-order valence-corrected chi connectivity index (χ4v) is 2.08. The molecule has 0 aromatic heterocycles. The molecule has 0 aromatic rings. The average molecular weight is 268 g/mol. The number of hydrogen-bond acceptors (Lipinski definition) is 2. The van der Waals surface area contributed by atoms with E-state index in [0.717, 1.165) is 18.8 Å². The van der Waals surface area contributed by atoms with Crippen molar-refractivity contribution < 1.29 is 9.90 Å². The minimum atomic E-state index is -0.101. The molecular weight excluding hydrogens is 236 g/mol. The van der Waals surface area contributed by atoms with Gasteiger partial charge in [0.25, 0.3) is 0 Å². The highest BCUT2D eigenvalue weighted by Gasteiger charge is 2.44. The van der Waals surface area contributed by atoms with Crippen LogP contribution in [0.4, 0.5) is 0 Å². The van der Waals surface area contributed by atoms with E-state index < -0.39 is 0 Å². The zero-order chi connectivity index (χ0) is 15.1. The van der Waals surface area contributed by atoms with Crippen LogP contribution in [0.3, 0.4) is 0 Å². The number of Topliss-reactive ketones (excluding diaryl/α,β-unsaturated/α-hetero) is 1. The first-order valence-electron chi connectivity index (χ1n) is 7.46. The van der Waals surface area contributed by atoms with Crippen LogP contribution in [0.15, 0.2) is 11.6 Å². The second-order valence-corrected chi connectivity index (χ2v) is 6.84. The van der Waals surface area contributed by atoms with Crippen LogP contribution >= 0.6 is 0 Å². The van der Waals surface area contributed by atoms with Gasteiger partial charge in [0.2, 0.25) is 0 Å². The minimum Gasteiger partial charge on any atom is -0.393 e. The van der Waals surface area contributed by atoms with Crippen molar-refractivity contribution >= 4 is 5.78 Å². The molecule has 112 valence electrons. The molecule has 0 aromatic carbocycles. The number of rotatable bonds is 6. The lowest BCUT2D eigenvalue weighted by molar-refractivity contribution is -0.116. The van der Waals surface area contributed by atoms with Gasteiger partial charge in [0.05, 0.1) is 6.10 Å². The summed E-state index contributed by atoms with van der Waals surface area (Å²) < 4.78 is 0. The van der Waals surface area contributed by atoms with E-state index in [1.807, 2.05) is 20.8 Å². The number of carbonyl (C=O) groups excluding carboxylic acids is 1. The van der Waals surface area contributed by atoms with Gasteiger partial charge in [0.15, 0.2) is 0 Å². The maximum atomic E-state index is 10.4. The Kier molecular flexibility index (Phi) is 8.24. The first kappa shape index (κ1) is 18.4. The molecule has 0 saturated heterocycles. The Balaban J connectivity index is 0.000000344. The number of carbonyl (C=O) groups is 1. The summed E-state index contributed by atoms with van der Waals surface area (Å²) in [5.41, 5.74) is 1.88. The molecule has 0 amide bonds. The van der Waals surface area contributed by atoms with Crippen LogP contribution in [0.5, 0.6) is 0 Å². The topological polar surface area (TPSA) is 37.3 Å². The zero-order valence-electron chi connectivity index (χ0n) is 13.6. The summed E-state index contributed by atoms with van der Waals surface area (Å²) in [7, 11) is 0. The van der Waals surface area contributed by atoms with Crippen LogP contribution in [-0.4, -0.2) is 17.0 Å². The molecule has 0 bridgehead atoms. The number of hydrogen-bond donors (Lipinski definition) is 1. The summed E-state index contributed by atoms with van der Waals surface area (Å²) >= 11 is 0. The van der Waals surface area contributed by atoms with Gasteiger partial charge in [0.1, 0.15) is 5.78 Å². The maximum Gasteiger partial charge on any atom is 0.130 e. The molecule has 1 aliphatic carbocycles. The van der Waals surface area contributed by atoms with E-state index >= 15 is 0 Å². The molecule has 1 rings (SSSR count). The van der Waals surface area contributed by atoms with E-state index in [1.54, 1.807) is 6.92 Å². The Hall–Kier alpha value is -0.630. The van der Waals surface area contributed by atoms with Crippen LogP contribution in [-0.2, 0) is 4.79 Å². The summed E-state index contributed by atoms with van der Waals surface area (Å²) in [6.07, 6.45) is 7.12. The van der Waals surface area contributed by atoms with Crippen molar-refractivity contribution in [3.63, 3.8) is 0 Å². The molecule has 1 N–H and O–H groups in total. The van der Waals surface area contributed by atoms with Crippen molar-refractivity contribution in [3.05, 3.63) is 11.6 Å². The smallest absolute Gasteiger partial charge is 0.130 e. The van der Waals surface area contributed by atoms with Crippen LogP contribution in [0, 0.1) is 11.3 Å². The van der Waals surface area contributed by atoms with E-state index in [1.165, 1.54) is 18.4 Å². The van der Waals surface area contributed by atoms with Gasteiger partial charge in [-0.25, -0.2) is 0 Å². The lowest BCUT2D eigenvalue weighted by atomic mass is 10.1. The first-order valence-corrected chi connectivity index (χ1v) is 7.46. The molecule has 1 fully saturated rings. The van der Waals surface area contributed by atoms with Crippen molar-refractivity contribution in [1.82, 2.24) is 0 Å². The zero-order valence-corrected chi connectivity index (χ0v) is 13.6. The van der Waals surface area contributed by atoms with Crippen molar-refractivity contribution in [1.29, 1.82) is 0 Å². The quantitative estimate of drug-likeness (QED) is 0.719. The van der Waals surface area contributed by atoms with Crippen LogP contribution in [0.25, 0.3) is 0 Å². The fraction of sp³-hybridized carbons (Fsp3) is 0.824. The number of aliphatic hydroxyl groups excluding tert-OH is 1. The SMILES string of the molecule is CC(=O)CCC=C(C)C.CC(O)CCC1CC1(C)C. The summed E-state index contributed by atoms with van der Waals surface area (Å²) in [6, 6.07) is 0. The van der Waals surface area contributed by atoms with Gasteiger partial charge in [-0.1, -0.05) is 25.5 Å². The van der Waals surface area contributed by atoms with E-state index in [-0.39, 0.29) is 11.9 Å². The highest BCUT2D eigenvalue weighted by atomic mass is 16.3. The van der Waals surface area contributed by atoms with Crippen molar-refractivity contribution in [2.75, 3.05) is 0 Å². The predicted octanol–water partition coefficient (Wildman–Crippen LogP) is 4.52. The highest BCUT2D eigenvalue weighted by Crippen LogP contribution is 2.54. The third-order valence-corrected chi connectivity index (χ3v) is 3.70. The van der Waals surface area contributed by atoms with Gasteiger partial charge >= 0.3 is 0 Å². The third-order valence-electron chi connectivity index (χ3n) is 3.70. The average Bonchev–Trinajstić information content (AvgIpc) is 2.83. The highest BCUT2D eigenvalue weighted by molar-refractivity contribution is 5.75. The lowest BCUT2D eigenvalue weighted by Gasteiger charge is -2.04. The Morgan fingerprint density at radius 1 is 1.37 bits per heavy atom. The molecule has 0 aliphatic heterocycles. The first-order chi connectivity index (χ1) is 8.65. The Morgan fingerprint density at radius 3 is 2.21 bits per heavy atom. The van der Waals surface area contributed by atoms with Gasteiger partial charge in [0, 0.05) is 6.42 Å². The van der Waals surface area contributed by atoms with E-state index in [4.69, 9.17) is 5.11 Å². The molecule has 0 spiro atoms. The van der Waals surface area contributed by atoms with Crippen molar-refractivity contribution in [3.8, 4) is 0 Å². The number of aliphatic hydroxyl groups is 1. The van der Waals surface area contributed by atoms with Crippen LogP contribution < -0.4 is 0 Å². The van der Waals surface area contributed by atoms with Gasteiger partial charge in [-0.05, 0) is 64.7 Å². The second kappa shape index (κ2) is 8.52. The normalized spacial score (nSPS) is 20.9. The van der Waals surface area contributed by atoms with Gasteiger partial charge in [-0.2, -0.15) is 0 Å². The largest absolute Gasteiger partial charge is 0.393 e. The second-order valence-electron chi connectivity index (χ2n) is 6.84. The summed E-state index contributed by atoms with van der Waals surface area (Å²) in [5, 5.41) is 9.00. The van der Waals surface area contributed by atoms with E-state index in [0.29, 0.717) is 11.8 Å². The molecule has 0 heterocycles. The van der Waals surface area contributed by atoms with Crippen LogP contribution in [0.2, 0.25) is 0 Å². The summed E-state index contributed by atoms with van der Waals surface area (Å²) in [4.78, 5) is 10.4. The Bertz CT molecular complexity index is 296. The minimum absolute atomic E-state index is 0.101. The predicted molar refractivity (Wildman–Crippen MR) is 82.1 cm³/mol. The van der Waals surface area contributed by atoms with Gasteiger partial charge < -0.3 is 9.90 Å². The molecule has 2 nitrogen and oxygen atoms in total. The summed E-state index contributed by atoms with van der Waals surface area (Å²) in [5.74, 6) is 1.16. The van der Waals surface area contributed by atoms with Crippen LogP contribution in [0.1, 0.15) is 73.6 Å². The number of allylic oxidation sites excluding steroid dienone is 2. The molecular formula is C17H32O2. The van der Waals surface area contributed by atoms with Crippen molar-refractivity contribution in [2.24, 2.45) is 11.3 Å². The molecule has 19 heavy (non-hydrogen) atoms. The molecule has 1 aliphatic rings. The molecule has 0 radical (unpaired) electrons. The maximum absolute atomic E-state index is 10.4. The molecule has 1 saturated carbocycles. The fourth-order valence-electron chi connectivity index (χ4n) is 2.08. The Labute approximate surface area is 119 Å². The molecule has 2 heteroatoms. The lowest BCUT2D eigenvalue weighted by Crippen LogP contribution is -2.00. The van der Waals surface area contributed by atoms with E-state index in [2.05, 4.69) is 19.9 Å².